The molecular weight excluding hydrogens is 408 g/mol. The van der Waals surface area contributed by atoms with E-state index in [-0.39, 0.29) is 11.8 Å². The van der Waals surface area contributed by atoms with Crippen LogP contribution in [0.2, 0.25) is 5.02 Å². The topological polar surface area (TPSA) is 68.3 Å². The van der Waals surface area contributed by atoms with Crippen LogP contribution < -0.4 is 14.2 Å². The van der Waals surface area contributed by atoms with Gasteiger partial charge in [0, 0.05) is 37.8 Å². The maximum absolute atomic E-state index is 12.9. The lowest BCUT2D eigenvalue weighted by atomic mass is 10.1. The van der Waals surface area contributed by atoms with E-state index in [1.165, 1.54) is 0 Å². The highest BCUT2D eigenvalue weighted by atomic mass is 35.5. The third kappa shape index (κ3) is 4.97. The average Bonchev–Trinajstić information content (AvgIpc) is 2.79. The second kappa shape index (κ2) is 9.71. The van der Waals surface area contributed by atoms with Gasteiger partial charge in [-0.15, -0.1) is 0 Å². The van der Waals surface area contributed by atoms with Crippen LogP contribution in [-0.4, -0.2) is 68.1 Å². The number of hydrogen-bond acceptors (Lipinski definition) is 5. The van der Waals surface area contributed by atoms with Crippen LogP contribution in [-0.2, 0) is 4.79 Å². The Hall–Kier alpha value is -2.93. The molecule has 0 saturated carbocycles. The number of carbonyl (C=O) groups excluding carboxylic acids is 2. The maximum atomic E-state index is 12.9. The molecule has 2 aromatic rings. The fraction of sp³-hybridized carbons (Fsp3) is 0.364. The van der Waals surface area contributed by atoms with Crippen molar-refractivity contribution in [3.63, 3.8) is 0 Å². The molecule has 1 aliphatic heterocycles. The van der Waals surface area contributed by atoms with Crippen molar-refractivity contribution in [2.45, 2.75) is 13.0 Å². The molecule has 0 aromatic heterocycles. The summed E-state index contributed by atoms with van der Waals surface area (Å²) in [5, 5.41) is 0.460. The van der Waals surface area contributed by atoms with Gasteiger partial charge in [-0.25, -0.2) is 0 Å². The molecule has 0 bridgehead atoms. The first-order chi connectivity index (χ1) is 14.4. The van der Waals surface area contributed by atoms with Crippen LogP contribution in [0, 0.1) is 0 Å². The monoisotopic (exact) mass is 432 g/mol. The molecule has 1 heterocycles. The number of amides is 2. The summed E-state index contributed by atoms with van der Waals surface area (Å²) < 4.78 is 16.2. The molecule has 30 heavy (non-hydrogen) atoms. The highest BCUT2D eigenvalue weighted by Gasteiger charge is 2.29. The number of nitrogens with zero attached hydrogens (tertiary/aromatic N) is 2. The number of ether oxygens (including phenoxy) is 3. The van der Waals surface area contributed by atoms with Gasteiger partial charge in [0.2, 0.25) is 0 Å². The van der Waals surface area contributed by atoms with Gasteiger partial charge in [-0.1, -0.05) is 23.7 Å². The molecular formula is C22H25ClN2O5. The standard InChI is InChI=1S/C22H25ClN2O5/c1-15(30-20-7-5-4-6-19(20)23)21(26)24-8-10-25(11-9-24)22(27)16-12-17(28-2)14-18(13-16)29-3/h4-7,12-15H,8-11H2,1-3H3. The van der Waals surface area contributed by atoms with Crippen LogP contribution >= 0.6 is 11.6 Å². The summed E-state index contributed by atoms with van der Waals surface area (Å²) in [4.78, 5) is 29.1. The fourth-order valence-electron chi connectivity index (χ4n) is 3.28. The molecule has 0 spiro atoms. The summed E-state index contributed by atoms with van der Waals surface area (Å²) in [7, 11) is 3.08. The predicted molar refractivity (Wildman–Crippen MR) is 114 cm³/mol. The Morgan fingerprint density at radius 3 is 2.07 bits per heavy atom. The zero-order chi connectivity index (χ0) is 21.7. The minimum atomic E-state index is -0.671. The van der Waals surface area contributed by atoms with Crippen molar-refractivity contribution in [3.8, 4) is 17.2 Å². The van der Waals surface area contributed by atoms with E-state index < -0.39 is 6.10 Å². The quantitative estimate of drug-likeness (QED) is 0.701. The molecule has 0 aliphatic carbocycles. The molecule has 1 atom stereocenters. The van der Waals surface area contributed by atoms with Gasteiger partial charge in [0.05, 0.1) is 19.2 Å². The third-order valence-electron chi connectivity index (χ3n) is 4.97. The molecule has 2 amide bonds. The van der Waals surface area contributed by atoms with Gasteiger partial charge in [-0.2, -0.15) is 0 Å². The number of rotatable bonds is 6. The third-order valence-corrected chi connectivity index (χ3v) is 5.28. The van der Waals surface area contributed by atoms with Gasteiger partial charge in [-0.05, 0) is 31.2 Å². The van der Waals surface area contributed by atoms with E-state index in [4.69, 9.17) is 25.8 Å². The fourth-order valence-corrected chi connectivity index (χ4v) is 3.46. The zero-order valence-corrected chi connectivity index (χ0v) is 18.0. The van der Waals surface area contributed by atoms with Gasteiger partial charge in [-0.3, -0.25) is 9.59 Å². The molecule has 0 N–H and O–H groups in total. The van der Waals surface area contributed by atoms with Crippen molar-refractivity contribution in [3.05, 3.63) is 53.1 Å². The summed E-state index contributed by atoms with van der Waals surface area (Å²) >= 11 is 6.10. The summed E-state index contributed by atoms with van der Waals surface area (Å²) in [6.07, 6.45) is -0.671. The van der Waals surface area contributed by atoms with Crippen LogP contribution in [0.3, 0.4) is 0 Å². The van der Waals surface area contributed by atoms with E-state index in [1.54, 1.807) is 73.4 Å². The Labute approximate surface area is 181 Å². The Morgan fingerprint density at radius 2 is 1.50 bits per heavy atom. The second-order valence-corrected chi connectivity index (χ2v) is 7.32. The molecule has 1 aliphatic rings. The molecule has 8 heteroatoms. The van der Waals surface area contributed by atoms with E-state index in [1.807, 2.05) is 0 Å². The first-order valence-electron chi connectivity index (χ1n) is 9.65. The van der Waals surface area contributed by atoms with E-state index in [9.17, 15) is 9.59 Å². The van der Waals surface area contributed by atoms with Crippen LogP contribution in [0.5, 0.6) is 17.2 Å². The molecule has 160 valence electrons. The maximum Gasteiger partial charge on any atom is 0.263 e. The van der Waals surface area contributed by atoms with E-state index in [0.29, 0.717) is 54.0 Å². The largest absolute Gasteiger partial charge is 0.497 e. The smallest absolute Gasteiger partial charge is 0.263 e. The van der Waals surface area contributed by atoms with Gasteiger partial charge in [0.15, 0.2) is 6.10 Å². The number of halogens is 1. The van der Waals surface area contributed by atoms with Crippen molar-refractivity contribution in [2.75, 3.05) is 40.4 Å². The minimum absolute atomic E-state index is 0.125. The van der Waals surface area contributed by atoms with E-state index >= 15 is 0 Å². The highest BCUT2D eigenvalue weighted by Crippen LogP contribution is 2.25. The summed E-state index contributed by atoms with van der Waals surface area (Å²) in [6, 6.07) is 12.1. The molecule has 3 rings (SSSR count). The molecule has 1 fully saturated rings. The SMILES string of the molecule is COc1cc(OC)cc(C(=O)N2CCN(C(=O)C(C)Oc3ccccc3Cl)CC2)c1. The van der Waals surface area contributed by atoms with Crippen molar-refractivity contribution in [2.24, 2.45) is 0 Å². The zero-order valence-electron chi connectivity index (χ0n) is 17.3. The van der Waals surface area contributed by atoms with Crippen LogP contribution in [0.15, 0.2) is 42.5 Å². The Kier molecular flexibility index (Phi) is 7.05. The minimum Gasteiger partial charge on any atom is -0.497 e. The first kappa shape index (κ1) is 21.8. The highest BCUT2D eigenvalue weighted by molar-refractivity contribution is 6.32. The number of benzene rings is 2. The van der Waals surface area contributed by atoms with Crippen LogP contribution in [0.25, 0.3) is 0 Å². The molecule has 2 aromatic carbocycles. The van der Waals surface area contributed by atoms with Crippen molar-refractivity contribution < 1.29 is 23.8 Å². The normalized spacial score (nSPS) is 14.8. The predicted octanol–water partition coefficient (Wildman–Crippen LogP) is 3.11. The number of hydrogen-bond donors (Lipinski definition) is 0. The van der Waals surface area contributed by atoms with Gasteiger partial charge >= 0.3 is 0 Å². The van der Waals surface area contributed by atoms with Crippen molar-refractivity contribution >= 4 is 23.4 Å². The van der Waals surface area contributed by atoms with Gasteiger partial charge in [0.25, 0.3) is 11.8 Å². The summed E-state index contributed by atoms with van der Waals surface area (Å²) in [5.41, 5.74) is 0.487. The molecule has 0 radical (unpaired) electrons. The van der Waals surface area contributed by atoms with Crippen LogP contribution in [0.1, 0.15) is 17.3 Å². The lowest BCUT2D eigenvalue weighted by Crippen LogP contribution is -2.53. The van der Waals surface area contributed by atoms with Gasteiger partial charge < -0.3 is 24.0 Å². The number of carbonyl (C=O) groups is 2. The number of methoxy groups -OCH3 is 2. The van der Waals surface area contributed by atoms with E-state index in [0.717, 1.165) is 0 Å². The average molecular weight is 433 g/mol. The lowest BCUT2D eigenvalue weighted by molar-refractivity contribution is -0.139. The Bertz CT molecular complexity index is 890. The lowest BCUT2D eigenvalue weighted by Gasteiger charge is -2.36. The second-order valence-electron chi connectivity index (χ2n) is 6.91. The number of para-hydroxylation sites is 1. The Balaban J connectivity index is 1.59. The first-order valence-corrected chi connectivity index (χ1v) is 10.0. The Morgan fingerprint density at radius 1 is 0.933 bits per heavy atom. The van der Waals surface area contributed by atoms with Crippen molar-refractivity contribution in [1.29, 1.82) is 0 Å². The molecule has 1 saturated heterocycles. The summed E-state index contributed by atoms with van der Waals surface area (Å²) in [5.74, 6) is 1.32. The van der Waals surface area contributed by atoms with Gasteiger partial charge in [0.1, 0.15) is 17.2 Å². The number of piperazine rings is 1. The molecule has 1 unspecified atom stereocenters. The van der Waals surface area contributed by atoms with Crippen molar-refractivity contribution in [1.82, 2.24) is 9.80 Å². The van der Waals surface area contributed by atoms with E-state index in [2.05, 4.69) is 0 Å². The summed E-state index contributed by atoms with van der Waals surface area (Å²) in [6.45, 7) is 3.43. The van der Waals surface area contributed by atoms with Crippen LogP contribution in [0.4, 0.5) is 0 Å². The molecule has 7 nitrogen and oxygen atoms in total.